The molecule has 1 atom stereocenters. The second-order valence-electron chi connectivity index (χ2n) is 6.31. The zero-order chi connectivity index (χ0) is 18.8. The van der Waals surface area contributed by atoms with Gasteiger partial charge >= 0.3 is 0 Å². The number of hydrogen-bond acceptors (Lipinski definition) is 2. The number of halogens is 2. The van der Waals surface area contributed by atoms with E-state index in [1.807, 2.05) is 24.3 Å². The van der Waals surface area contributed by atoms with Gasteiger partial charge in [-0.15, -0.1) is 0 Å². The average Bonchev–Trinajstić information content (AvgIpc) is 2.63. The molecule has 0 bridgehead atoms. The van der Waals surface area contributed by atoms with E-state index in [1.54, 1.807) is 28.9 Å². The summed E-state index contributed by atoms with van der Waals surface area (Å²) in [5, 5.41) is 0.760. The highest BCUT2D eigenvalue weighted by Gasteiger charge is 2.35. The molecule has 0 unspecified atom stereocenters. The molecule has 0 aliphatic carbocycles. The molecular formula is C20H20Cl2N2O2. The predicted molar refractivity (Wildman–Crippen MR) is 105 cm³/mol. The lowest BCUT2D eigenvalue weighted by Gasteiger charge is -2.39. The van der Waals surface area contributed by atoms with E-state index in [-0.39, 0.29) is 11.8 Å². The summed E-state index contributed by atoms with van der Waals surface area (Å²) in [5.41, 5.74) is 2.44. The summed E-state index contributed by atoms with van der Waals surface area (Å²) in [5.74, 6) is -0.354. The molecule has 0 spiro atoms. The Balaban J connectivity index is 1.79. The minimum absolute atomic E-state index is 0.0982. The summed E-state index contributed by atoms with van der Waals surface area (Å²) in [6.07, 6.45) is 0.953. The van der Waals surface area contributed by atoms with Crippen LogP contribution in [0.5, 0.6) is 0 Å². The van der Waals surface area contributed by atoms with Crippen LogP contribution in [0.4, 0.5) is 5.69 Å². The lowest BCUT2D eigenvalue weighted by molar-refractivity contribution is -0.124. The van der Waals surface area contributed by atoms with Crippen LogP contribution in [0.25, 0.3) is 0 Å². The molecule has 2 aromatic carbocycles. The second-order valence-corrected chi connectivity index (χ2v) is 7.15. The van der Waals surface area contributed by atoms with Crippen molar-refractivity contribution in [2.24, 2.45) is 0 Å². The number of carbonyl (C=O) groups is 2. The SMILES string of the molecule is CCc1ccc(N2CCN(C(=O)c3ccc(Cl)cc3Cl)[C@H](C)C2=O)cc1. The van der Waals surface area contributed by atoms with Crippen LogP contribution in [0.3, 0.4) is 0 Å². The minimum atomic E-state index is -0.561. The Morgan fingerprint density at radius 2 is 1.81 bits per heavy atom. The highest BCUT2D eigenvalue weighted by Crippen LogP contribution is 2.26. The van der Waals surface area contributed by atoms with Crippen molar-refractivity contribution < 1.29 is 9.59 Å². The van der Waals surface area contributed by atoms with Crippen molar-refractivity contribution in [3.05, 3.63) is 63.6 Å². The van der Waals surface area contributed by atoms with Crippen LogP contribution < -0.4 is 4.90 Å². The highest BCUT2D eigenvalue weighted by molar-refractivity contribution is 6.36. The van der Waals surface area contributed by atoms with E-state index < -0.39 is 6.04 Å². The van der Waals surface area contributed by atoms with Crippen LogP contribution in [0.2, 0.25) is 10.0 Å². The van der Waals surface area contributed by atoms with Crippen molar-refractivity contribution in [2.45, 2.75) is 26.3 Å². The van der Waals surface area contributed by atoms with Crippen LogP contribution in [0, 0.1) is 0 Å². The molecule has 1 fully saturated rings. The van der Waals surface area contributed by atoms with Crippen molar-refractivity contribution >= 4 is 40.7 Å². The Kier molecular flexibility index (Phi) is 5.54. The molecule has 0 N–H and O–H groups in total. The fraction of sp³-hybridized carbons (Fsp3) is 0.300. The maximum Gasteiger partial charge on any atom is 0.256 e. The van der Waals surface area contributed by atoms with Gasteiger partial charge in [-0.1, -0.05) is 42.3 Å². The second kappa shape index (κ2) is 7.68. The summed E-state index contributed by atoms with van der Waals surface area (Å²) in [6, 6.07) is 12.2. The number of aryl methyl sites for hydroxylation is 1. The Labute approximate surface area is 163 Å². The van der Waals surface area contributed by atoms with E-state index >= 15 is 0 Å². The highest BCUT2D eigenvalue weighted by atomic mass is 35.5. The van der Waals surface area contributed by atoms with Gasteiger partial charge in [0.15, 0.2) is 0 Å². The quantitative estimate of drug-likeness (QED) is 0.777. The van der Waals surface area contributed by atoms with Gasteiger partial charge in [-0.2, -0.15) is 0 Å². The van der Waals surface area contributed by atoms with Crippen LogP contribution >= 0.6 is 23.2 Å². The lowest BCUT2D eigenvalue weighted by Crippen LogP contribution is -2.57. The first kappa shape index (κ1) is 18.7. The normalized spacial score (nSPS) is 17.5. The lowest BCUT2D eigenvalue weighted by atomic mass is 10.1. The number of rotatable bonds is 3. The van der Waals surface area contributed by atoms with Crippen LogP contribution in [-0.4, -0.2) is 35.8 Å². The minimum Gasteiger partial charge on any atom is -0.325 e. The van der Waals surface area contributed by atoms with Crippen molar-refractivity contribution in [1.82, 2.24) is 4.90 Å². The van der Waals surface area contributed by atoms with E-state index in [1.165, 1.54) is 11.6 Å². The maximum absolute atomic E-state index is 12.8. The average molecular weight is 391 g/mol. The fourth-order valence-electron chi connectivity index (χ4n) is 3.13. The number of benzene rings is 2. The molecule has 1 aliphatic heterocycles. The van der Waals surface area contributed by atoms with E-state index in [0.717, 1.165) is 12.1 Å². The molecule has 3 rings (SSSR count). The number of hydrogen-bond donors (Lipinski definition) is 0. The Morgan fingerprint density at radius 1 is 1.12 bits per heavy atom. The first-order valence-corrected chi connectivity index (χ1v) is 9.34. The summed E-state index contributed by atoms with van der Waals surface area (Å²) >= 11 is 12.1. The first-order valence-electron chi connectivity index (χ1n) is 8.58. The summed E-state index contributed by atoms with van der Waals surface area (Å²) in [7, 11) is 0. The number of nitrogens with zero attached hydrogens (tertiary/aromatic N) is 2. The van der Waals surface area contributed by atoms with Gasteiger partial charge in [0.05, 0.1) is 10.6 Å². The van der Waals surface area contributed by atoms with Gasteiger partial charge in [0, 0.05) is 23.8 Å². The van der Waals surface area contributed by atoms with Crippen molar-refractivity contribution in [3.8, 4) is 0 Å². The Hall–Kier alpha value is -2.04. The molecule has 1 saturated heterocycles. The van der Waals surface area contributed by atoms with E-state index in [4.69, 9.17) is 23.2 Å². The van der Waals surface area contributed by atoms with Crippen molar-refractivity contribution in [2.75, 3.05) is 18.0 Å². The Bertz CT molecular complexity index is 836. The van der Waals surface area contributed by atoms with Gasteiger partial charge < -0.3 is 9.80 Å². The number of piperazine rings is 1. The van der Waals surface area contributed by atoms with E-state index in [0.29, 0.717) is 28.7 Å². The molecular weight excluding hydrogens is 371 g/mol. The Morgan fingerprint density at radius 3 is 2.42 bits per heavy atom. The maximum atomic E-state index is 12.8. The number of carbonyl (C=O) groups excluding carboxylic acids is 2. The third-order valence-electron chi connectivity index (χ3n) is 4.73. The fourth-order valence-corrected chi connectivity index (χ4v) is 3.62. The van der Waals surface area contributed by atoms with Gasteiger partial charge in [0.2, 0.25) is 5.91 Å². The first-order chi connectivity index (χ1) is 12.4. The molecule has 1 aliphatic rings. The van der Waals surface area contributed by atoms with Crippen LogP contribution in [0.15, 0.2) is 42.5 Å². The summed E-state index contributed by atoms with van der Waals surface area (Å²) < 4.78 is 0. The summed E-state index contributed by atoms with van der Waals surface area (Å²) in [6.45, 7) is 4.73. The molecule has 0 saturated carbocycles. The smallest absolute Gasteiger partial charge is 0.256 e. The molecule has 2 aromatic rings. The number of amides is 2. The molecule has 26 heavy (non-hydrogen) atoms. The predicted octanol–water partition coefficient (Wildman–Crippen LogP) is 4.43. The van der Waals surface area contributed by atoms with Gasteiger partial charge in [-0.3, -0.25) is 9.59 Å². The monoisotopic (exact) mass is 390 g/mol. The molecule has 0 aromatic heterocycles. The van der Waals surface area contributed by atoms with Gasteiger partial charge in [-0.05, 0) is 49.2 Å². The standard InChI is InChI=1S/C20H20Cl2N2O2/c1-3-14-4-7-16(8-5-14)24-11-10-23(13(2)19(24)25)20(26)17-9-6-15(21)12-18(17)22/h4-9,12-13H,3,10-11H2,1-2H3/t13-/m1/s1. The molecule has 136 valence electrons. The third kappa shape index (κ3) is 3.57. The van der Waals surface area contributed by atoms with Crippen LogP contribution in [0.1, 0.15) is 29.8 Å². The zero-order valence-corrected chi connectivity index (χ0v) is 16.2. The third-order valence-corrected chi connectivity index (χ3v) is 5.28. The topological polar surface area (TPSA) is 40.6 Å². The molecule has 4 nitrogen and oxygen atoms in total. The number of anilines is 1. The van der Waals surface area contributed by atoms with E-state index in [2.05, 4.69) is 6.92 Å². The van der Waals surface area contributed by atoms with Crippen molar-refractivity contribution in [1.29, 1.82) is 0 Å². The largest absolute Gasteiger partial charge is 0.325 e. The van der Waals surface area contributed by atoms with Gasteiger partial charge in [0.1, 0.15) is 6.04 Å². The molecule has 1 heterocycles. The van der Waals surface area contributed by atoms with Gasteiger partial charge in [0.25, 0.3) is 5.91 Å². The summed E-state index contributed by atoms with van der Waals surface area (Å²) in [4.78, 5) is 29.0. The van der Waals surface area contributed by atoms with Crippen LogP contribution in [-0.2, 0) is 11.2 Å². The molecule has 6 heteroatoms. The molecule has 2 amide bonds. The van der Waals surface area contributed by atoms with E-state index in [9.17, 15) is 9.59 Å². The van der Waals surface area contributed by atoms with Gasteiger partial charge in [-0.25, -0.2) is 0 Å². The van der Waals surface area contributed by atoms with Crippen molar-refractivity contribution in [3.63, 3.8) is 0 Å². The zero-order valence-electron chi connectivity index (χ0n) is 14.7. The molecule has 0 radical (unpaired) electrons.